The minimum Gasteiger partial charge on any atom is -0.379 e. The van der Waals surface area contributed by atoms with Crippen LogP contribution in [0.4, 0.5) is 5.69 Å². The normalized spacial score (nSPS) is 18.7. The second kappa shape index (κ2) is 11.8. The first-order valence-electron chi connectivity index (χ1n) is 12.0. The number of benzene rings is 2. The standard InChI is InChI=1S/C28H30N4O4/c1-20(31(2)26-11-12-27(34)30-28(26)35)29-25-10-9-22(17-24(25)19-33)6-3-21-4-7-23(8-5-21)18-32-13-15-36-16-14-32/h4-5,7-10,17,19,26H,11-16,18H2,1-2H3,(H,30,34,35)/b29-20-. The van der Waals surface area contributed by atoms with Gasteiger partial charge < -0.3 is 9.64 Å². The van der Waals surface area contributed by atoms with Gasteiger partial charge in [-0.25, -0.2) is 4.99 Å². The second-order valence-corrected chi connectivity index (χ2v) is 8.96. The third-order valence-corrected chi connectivity index (χ3v) is 6.44. The topological polar surface area (TPSA) is 91.3 Å². The summed E-state index contributed by atoms with van der Waals surface area (Å²) >= 11 is 0. The second-order valence-electron chi connectivity index (χ2n) is 8.96. The van der Waals surface area contributed by atoms with E-state index < -0.39 is 6.04 Å². The maximum atomic E-state index is 12.2. The van der Waals surface area contributed by atoms with E-state index in [1.807, 2.05) is 18.2 Å². The summed E-state index contributed by atoms with van der Waals surface area (Å²) in [5.74, 6) is 6.26. The van der Waals surface area contributed by atoms with Crippen LogP contribution in [0.25, 0.3) is 0 Å². The number of hydrogen-bond donors (Lipinski definition) is 1. The van der Waals surface area contributed by atoms with Gasteiger partial charge in [-0.2, -0.15) is 0 Å². The number of morpholine rings is 1. The highest BCUT2D eigenvalue weighted by molar-refractivity contribution is 6.02. The highest BCUT2D eigenvalue weighted by atomic mass is 16.5. The van der Waals surface area contributed by atoms with E-state index in [2.05, 4.69) is 39.2 Å². The van der Waals surface area contributed by atoms with Crippen LogP contribution in [0.5, 0.6) is 0 Å². The number of nitrogens with one attached hydrogen (secondary N) is 1. The predicted molar refractivity (Wildman–Crippen MR) is 137 cm³/mol. The zero-order valence-electron chi connectivity index (χ0n) is 20.6. The van der Waals surface area contributed by atoms with Gasteiger partial charge >= 0.3 is 0 Å². The number of ether oxygens (including phenoxy) is 1. The molecule has 1 N–H and O–H groups in total. The molecule has 0 aliphatic carbocycles. The minimum atomic E-state index is -0.475. The summed E-state index contributed by atoms with van der Waals surface area (Å²) in [4.78, 5) is 44.0. The molecule has 36 heavy (non-hydrogen) atoms. The van der Waals surface area contributed by atoms with E-state index in [0.29, 0.717) is 29.1 Å². The Kier molecular flexibility index (Phi) is 8.26. The number of hydrogen-bond acceptors (Lipinski definition) is 6. The van der Waals surface area contributed by atoms with Crippen molar-refractivity contribution in [1.82, 2.24) is 15.1 Å². The van der Waals surface area contributed by atoms with Gasteiger partial charge in [0.2, 0.25) is 11.8 Å². The number of carbonyl (C=O) groups is 3. The molecule has 2 fully saturated rings. The molecule has 2 aliphatic heterocycles. The van der Waals surface area contributed by atoms with E-state index in [9.17, 15) is 14.4 Å². The van der Waals surface area contributed by atoms with Crippen LogP contribution in [0.2, 0.25) is 0 Å². The predicted octanol–water partition coefficient (Wildman–Crippen LogP) is 2.52. The first-order chi connectivity index (χ1) is 17.4. The maximum Gasteiger partial charge on any atom is 0.249 e. The van der Waals surface area contributed by atoms with Crippen LogP contribution in [-0.2, 0) is 20.9 Å². The molecular weight excluding hydrogens is 456 g/mol. The van der Waals surface area contributed by atoms with Crippen LogP contribution < -0.4 is 5.32 Å². The van der Waals surface area contributed by atoms with Gasteiger partial charge in [0.25, 0.3) is 0 Å². The summed E-state index contributed by atoms with van der Waals surface area (Å²) in [5.41, 5.74) is 3.77. The fourth-order valence-corrected chi connectivity index (χ4v) is 4.21. The average Bonchev–Trinajstić information content (AvgIpc) is 2.89. The Morgan fingerprint density at radius 3 is 2.53 bits per heavy atom. The fraction of sp³-hybridized carbons (Fsp3) is 0.357. The average molecular weight is 487 g/mol. The van der Waals surface area contributed by atoms with Crippen molar-refractivity contribution in [2.45, 2.75) is 32.4 Å². The Morgan fingerprint density at radius 2 is 1.83 bits per heavy atom. The van der Waals surface area contributed by atoms with Crippen molar-refractivity contribution in [3.63, 3.8) is 0 Å². The number of nitrogens with zero attached hydrogens (tertiary/aromatic N) is 3. The van der Waals surface area contributed by atoms with Crippen molar-refractivity contribution >= 4 is 29.6 Å². The summed E-state index contributed by atoms with van der Waals surface area (Å²) in [6.07, 6.45) is 1.47. The number of carbonyl (C=O) groups excluding carboxylic acids is 3. The van der Waals surface area contributed by atoms with Crippen LogP contribution in [0.3, 0.4) is 0 Å². The number of likely N-dealkylation sites (N-methyl/N-ethyl adjacent to an activating group) is 1. The van der Waals surface area contributed by atoms with Gasteiger partial charge in [-0.3, -0.25) is 24.6 Å². The summed E-state index contributed by atoms with van der Waals surface area (Å²) in [6, 6.07) is 13.0. The Balaban J connectivity index is 1.43. The molecule has 1 atom stereocenters. The molecule has 2 amide bonds. The van der Waals surface area contributed by atoms with E-state index in [1.54, 1.807) is 31.0 Å². The monoisotopic (exact) mass is 486 g/mol. The van der Waals surface area contributed by atoms with Gasteiger partial charge in [-0.05, 0) is 49.2 Å². The van der Waals surface area contributed by atoms with Gasteiger partial charge in [-0.15, -0.1) is 0 Å². The van der Waals surface area contributed by atoms with Crippen molar-refractivity contribution < 1.29 is 19.1 Å². The smallest absolute Gasteiger partial charge is 0.249 e. The van der Waals surface area contributed by atoms with Crippen molar-refractivity contribution in [3.05, 3.63) is 64.7 Å². The van der Waals surface area contributed by atoms with Crippen LogP contribution in [0.15, 0.2) is 47.5 Å². The first-order valence-corrected chi connectivity index (χ1v) is 12.0. The molecule has 2 heterocycles. The number of aliphatic imine (C=N–C) groups is 1. The van der Waals surface area contributed by atoms with Crippen molar-refractivity contribution in [3.8, 4) is 11.8 Å². The third-order valence-electron chi connectivity index (χ3n) is 6.44. The molecule has 0 saturated carbocycles. The Labute approximate surface area is 211 Å². The molecule has 186 valence electrons. The third kappa shape index (κ3) is 6.45. The number of rotatable bonds is 5. The summed E-state index contributed by atoms with van der Waals surface area (Å²) in [5, 5.41) is 2.36. The SMILES string of the molecule is C/C(=N/c1ccc(C#Cc2ccc(CN3CCOCC3)cc2)cc1C=O)N(C)C1CCC(=O)NC1=O. The Bertz CT molecular complexity index is 1220. The number of imide groups is 1. The van der Waals surface area contributed by atoms with E-state index in [4.69, 9.17) is 4.74 Å². The summed E-state index contributed by atoms with van der Waals surface area (Å²) in [6.45, 7) is 6.15. The minimum absolute atomic E-state index is 0.261. The molecular formula is C28H30N4O4. The van der Waals surface area contributed by atoms with Gasteiger partial charge in [-0.1, -0.05) is 24.0 Å². The molecule has 0 bridgehead atoms. The van der Waals surface area contributed by atoms with Crippen LogP contribution >= 0.6 is 0 Å². The largest absolute Gasteiger partial charge is 0.379 e. The zero-order chi connectivity index (χ0) is 25.5. The lowest BCUT2D eigenvalue weighted by Gasteiger charge is -2.31. The molecule has 0 aromatic heterocycles. The molecule has 8 heteroatoms. The molecule has 4 rings (SSSR count). The van der Waals surface area contributed by atoms with E-state index >= 15 is 0 Å². The lowest BCUT2D eigenvalue weighted by Crippen LogP contribution is -2.52. The molecule has 8 nitrogen and oxygen atoms in total. The number of piperidine rings is 1. The van der Waals surface area contributed by atoms with Gasteiger partial charge in [0.05, 0.1) is 18.9 Å². The Hall–Kier alpha value is -3.80. The van der Waals surface area contributed by atoms with E-state index in [-0.39, 0.29) is 18.2 Å². The van der Waals surface area contributed by atoms with E-state index in [1.165, 1.54) is 5.56 Å². The van der Waals surface area contributed by atoms with Crippen LogP contribution in [-0.4, -0.2) is 73.1 Å². The molecule has 2 aliphatic rings. The van der Waals surface area contributed by atoms with Gasteiger partial charge in [0.15, 0.2) is 6.29 Å². The molecule has 2 aromatic carbocycles. The van der Waals surface area contributed by atoms with Crippen molar-refractivity contribution in [2.75, 3.05) is 33.4 Å². The lowest BCUT2D eigenvalue weighted by molar-refractivity contribution is -0.136. The van der Waals surface area contributed by atoms with Gasteiger partial charge in [0, 0.05) is 49.8 Å². The molecule has 2 saturated heterocycles. The molecule has 0 spiro atoms. The quantitative estimate of drug-likeness (QED) is 0.230. The number of amidine groups is 1. The van der Waals surface area contributed by atoms with Crippen molar-refractivity contribution in [1.29, 1.82) is 0 Å². The van der Waals surface area contributed by atoms with E-state index in [0.717, 1.165) is 44.7 Å². The van der Waals surface area contributed by atoms with Crippen molar-refractivity contribution in [2.24, 2.45) is 4.99 Å². The molecule has 0 radical (unpaired) electrons. The maximum absolute atomic E-state index is 12.2. The molecule has 1 unspecified atom stereocenters. The highest BCUT2D eigenvalue weighted by Gasteiger charge is 2.30. The summed E-state index contributed by atoms with van der Waals surface area (Å²) < 4.78 is 5.40. The highest BCUT2D eigenvalue weighted by Crippen LogP contribution is 2.21. The first kappa shape index (κ1) is 25.3. The fourth-order valence-electron chi connectivity index (χ4n) is 4.21. The lowest BCUT2D eigenvalue weighted by atomic mass is 10.0. The molecule has 2 aromatic rings. The number of aldehydes is 1. The van der Waals surface area contributed by atoms with Crippen LogP contribution in [0.1, 0.15) is 46.8 Å². The summed E-state index contributed by atoms with van der Waals surface area (Å²) in [7, 11) is 1.76. The number of amides is 2. The zero-order valence-corrected chi connectivity index (χ0v) is 20.6. The van der Waals surface area contributed by atoms with Crippen LogP contribution in [0, 0.1) is 11.8 Å². The van der Waals surface area contributed by atoms with Gasteiger partial charge in [0.1, 0.15) is 11.9 Å². The Morgan fingerprint density at radius 1 is 1.14 bits per heavy atom.